The van der Waals surface area contributed by atoms with Crippen molar-refractivity contribution in [1.82, 2.24) is 0 Å². The van der Waals surface area contributed by atoms with Crippen LogP contribution in [0.4, 0.5) is 0 Å². The van der Waals surface area contributed by atoms with Gasteiger partial charge in [-0.2, -0.15) is 0 Å². The molecule has 1 rings (SSSR count). The van der Waals surface area contributed by atoms with Crippen molar-refractivity contribution in [2.75, 3.05) is 6.54 Å². The third-order valence-electron chi connectivity index (χ3n) is 3.95. The van der Waals surface area contributed by atoms with Gasteiger partial charge < -0.3 is 16.2 Å². The fraction of sp³-hybridized carbons (Fsp3) is 0.579. The van der Waals surface area contributed by atoms with E-state index in [0.29, 0.717) is 18.9 Å². The molecule has 0 saturated heterocycles. The Kier molecular flexibility index (Phi) is 8.65. The third-order valence-corrected chi connectivity index (χ3v) is 3.95. The highest BCUT2D eigenvalue weighted by Gasteiger charge is 2.23. The molecule has 0 heterocycles. The van der Waals surface area contributed by atoms with Gasteiger partial charge in [-0.1, -0.05) is 44.5 Å². The van der Waals surface area contributed by atoms with Gasteiger partial charge in [-0.3, -0.25) is 4.79 Å². The Labute approximate surface area is 144 Å². The van der Waals surface area contributed by atoms with Gasteiger partial charge in [0.2, 0.25) is 0 Å². The number of benzene rings is 1. The number of ether oxygens (including phenoxy) is 1. The fourth-order valence-electron chi connectivity index (χ4n) is 2.44. The Bertz CT molecular complexity index is 526. The molecule has 5 heteroatoms. The molecule has 0 aromatic heterocycles. The highest BCUT2D eigenvalue weighted by molar-refractivity contribution is 5.91. The van der Waals surface area contributed by atoms with E-state index >= 15 is 0 Å². The number of hydrogen-bond acceptors (Lipinski definition) is 5. The van der Waals surface area contributed by atoms with Crippen molar-refractivity contribution in [2.24, 2.45) is 17.4 Å². The normalized spacial score (nSPS) is 13.6. The summed E-state index contributed by atoms with van der Waals surface area (Å²) in [5, 5.41) is 0. The van der Waals surface area contributed by atoms with Crippen LogP contribution in [0.5, 0.6) is 0 Å². The van der Waals surface area contributed by atoms with Crippen LogP contribution in [-0.4, -0.2) is 24.5 Å². The second-order valence-corrected chi connectivity index (χ2v) is 6.69. The first-order valence-electron chi connectivity index (χ1n) is 8.65. The van der Waals surface area contributed by atoms with Crippen molar-refractivity contribution in [3.8, 4) is 0 Å². The Morgan fingerprint density at radius 3 is 2.21 bits per heavy atom. The number of carbonyl (C=O) groups is 2. The third kappa shape index (κ3) is 6.81. The Morgan fingerprint density at radius 2 is 1.67 bits per heavy atom. The van der Waals surface area contributed by atoms with E-state index in [0.717, 1.165) is 24.8 Å². The second-order valence-electron chi connectivity index (χ2n) is 6.69. The summed E-state index contributed by atoms with van der Waals surface area (Å²) in [5.74, 6) is -1.15. The van der Waals surface area contributed by atoms with E-state index < -0.39 is 23.9 Å². The topological polar surface area (TPSA) is 95.4 Å². The summed E-state index contributed by atoms with van der Waals surface area (Å²) in [5.41, 5.74) is 13.2. The minimum atomic E-state index is -0.777. The molecule has 0 aliphatic heterocycles. The molecule has 4 N–H and O–H groups in total. The van der Waals surface area contributed by atoms with Gasteiger partial charge in [-0.05, 0) is 49.8 Å². The van der Waals surface area contributed by atoms with Crippen molar-refractivity contribution in [3.63, 3.8) is 0 Å². The first kappa shape index (κ1) is 20.3. The second kappa shape index (κ2) is 10.2. The summed E-state index contributed by atoms with van der Waals surface area (Å²) in [6, 6.07) is 7.07. The molecule has 1 aromatic rings. The summed E-state index contributed by atoms with van der Waals surface area (Å²) in [6.45, 7) is 6.62. The highest BCUT2D eigenvalue weighted by atomic mass is 16.6. The van der Waals surface area contributed by atoms with Crippen LogP contribution in [0.1, 0.15) is 57.1 Å². The molecule has 24 heavy (non-hydrogen) atoms. The molecule has 0 fully saturated rings. The van der Waals surface area contributed by atoms with Crippen molar-refractivity contribution in [1.29, 1.82) is 0 Å². The number of carbonyl (C=O) groups excluding carboxylic acids is 2. The van der Waals surface area contributed by atoms with Gasteiger partial charge in [0, 0.05) is 0 Å². The first-order valence-corrected chi connectivity index (χ1v) is 8.65. The van der Waals surface area contributed by atoms with E-state index in [1.807, 2.05) is 24.3 Å². The Morgan fingerprint density at radius 1 is 1.04 bits per heavy atom. The number of hydrogen-bond donors (Lipinski definition) is 2. The van der Waals surface area contributed by atoms with Gasteiger partial charge in [0.25, 0.3) is 0 Å². The molecule has 134 valence electrons. The van der Waals surface area contributed by atoms with Crippen LogP contribution >= 0.6 is 0 Å². The minimum Gasteiger partial charge on any atom is -0.392 e. The van der Waals surface area contributed by atoms with Gasteiger partial charge in [0.05, 0.1) is 5.92 Å². The van der Waals surface area contributed by atoms with Crippen LogP contribution in [0.25, 0.3) is 0 Å². The number of esters is 2. The van der Waals surface area contributed by atoms with Crippen molar-refractivity contribution in [3.05, 3.63) is 35.4 Å². The molecular weight excluding hydrogens is 304 g/mol. The Balaban J connectivity index is 2.56. The number of rotatable bonds is 9. The molecule has 0 saturated carbocycles. The maximum atomic E-state index is 12.1. The first-order chi connectivity index (χ1) is 11.3. The molecule has 5 nitrogen and oxygen atoms in total. The zero-order valence-corrected chi connectivity index (χ0v) is 15.0. The molecule has 0 bridgehead atoms. The summed E-state index contributed by atoms with van der Waals surface area (Å²) in [4.78, 5) is 24.0. The highest BCUT2D eigenvalue weighted by Crippen LogP contribution is 2.19. The van der Waals surface area contributed by atoms with Gasteiger partial charge >= 0.3 is 11.9 Å². The predicted octanol–water partition coefficient (Wildman–Crippen LogP) is 2.51. The van der Waals surface area contributed by atoms with Crippen LogP contribution in [-0.2, 0) is 20.7 Å². The minimum absolute atomic E-state index is 0.474. The lowest BCUT2D eigenvalue weighted by molar-refractivity contribution is -0.161. The monoisotopic (exact) mass is 334 g/mol. The van der Waals surface area contributed by atoms with E-state index in [1.165, 1.54) is 5.56 Å². The summed E-state index contributed by atoms with van der Waals surface area (Å²) in [6.07, 6.45) is 3.01. The van der Waals surface area contributed by atoms with Crippen LogP contribution in [0.3, 0.4) is 0 Å². The van der Waals surface area contributed by atoms with Crippen LogP contribution in [0.2, 0.25) is 0 Å². The average Bonchev–Trinajstić information content (AvgIpc) is 2.54. The smallest absolute Gasteiger partial charge is 0.330 e. The molecule has 0 aliphatic rings. The molecule has 0 spiro atoms. The van der Waals surface area contributed by atoms with Crippen LogP contribution in [0.15, 0.2) is 24.3 Å². The van der Waals surface area contributed by atoms with E-state index in [-0.39, 0.29) is 0 Å². The summed E-state index contributed by atoms with van der Waals surface area (Å²) >= 11 is 0. The maximum absolute atomic E-state index is 12.1. The quantitative estimate of drug-likeness (QED) is 0.411. The van der Waals surface area contributed by atoms with Crippen molar-refractivity contribution < 1.29 is 14.3 Å². The van der Waals surface area contributed by atoms with E-state index in [4.69, 9.17) is 16.2 Å². The fourth-order valence-corrected chi connectivity index (χ4v) is 2.44. The van der Waals surface area contributed by atoms with Crippen LogP contribution in [0, 0.1) is 5.92 Å². The molecular formula is C19H30N2O3. The predicted molar refractivity (Wildman–Crippen MR) is 95.4 cm³/mol. The van der Waals surface area contributed by atoms with Gasteiger partial charge in [0.1, 0.15) is 6.04 Å². The zero-order valence-electron chi connectivity index (χ0n) is 15.0. The lowest BCUT2D eigenvalue weighted by atomic mass is 9.97. The average molecular weight is 334 g/mol. The molecule has 0 unspecified atom stereocenters. The van der Waals surface area contributed by atoms with E-state index in [2.05, 4.69) is 13.8 Å². The lowest BCUT2D eigenvalue weighted by Gasteiger charge is -2.14. The van der Waals surface area contributed by atoms with E-state index in [9.17, 15) is 9.59 Å². The zero-order chi connectivity index (χ0) is 18.1. The summed E-state index contributed by atoms with van der Waals surface area (Å²) in [7, 11) is 0. The number of nitrogens with two attached hydrogens (primary N) is 2. The van der Waals surface area contributed by atoms with Crippen molar-refractivity contribution >= 4 is 11.9 Å². The maximum Gasteiger partial charge on any atom is 0.330 e. The van der Waals surface area contributed by atoms with E-state index in [1.54, 1.807) is 6.92 Å². The van der Waals surface area contributed by atoms with Gasteiger partial charge in [-0.15, -0.1) is 0 Å². The Hall–Kier alpha value is -1.72. The van der Waals surface area contributed by atoms with Crippen LogP contribution < -0.4 is 11.5 Å². The molecule has 0 radical (unpaired) electrons. The van der Waals surface area contributed by atoms with Crippen molar-refractivity contribution in [2.45, 2.75) is 58.4 Å². The molecule has 0 aliphatic carbocycles. The van der Waals surface area contributed by atoms with Gasteiger partial charge in [0.15, 0.2) is 0 Å². The summed E-state index contributed by atoms with van der Waals surface area (Å²) < 4.78 is 4.92. The lowest BCUT2D eigenvalue weighted by Crippen LogP contribution is -2.34. The standard InChI is InChI=1S/C19H30N2O3/c1-13(2)12-15-7-9-16(10-8-15)14(3)18(22)24-19(23)17(21)6-4-5-11-20/h7-10,13-14,17H,4-6,11-12,20-21H2,1-3H3/t14-,17-/m0/s1. The van der Waals surface area contributed by atoms with Gasteiger partial charge in [-0.25, -0.2) is 4.79 Å². The largest absolute Gasteiger partial charge is 0.392 e. The number of unbranched alkanes of at least 4 members (excludes halogenated alkanes) is 1. The molecule has 0 amide bonds. The molecule has 2 atom stereocenters. The molecule has 1 aromatic carbocycles. The SMILES string of the molecule is CC(C)Cc1ccc([C@H](C)C(=O)OC(=O)[C@@H](N)CCCCN)cc1.